The summed E-state index contributed by atoms with van der Waals surface area (Å²) in [6, 6.07) is 0. The Kier molecular flexibility index (Phi) is 3.45. The van der Waals surface area contributed by atoms with Crippen LogP contribution in [0.3, 0.4) is 0 Å². The fourth-order valence-corrected chi connectivity index (χ4v) is 2.09. The van der Waals surface area contributed by atoms with E-state index in [1.165, 1.54) is 4.90 Å². The molecule has 0 radical (unpaired) electrons. The van der Waals surface area contributed by atoms with Crippen molar-refractivity contribution in [3.8, 4) is 0 Å². The molecule has 0 aromatic carbocycles. The van der Waals surface area contributed by atoms with E-state index < -0.39 is 12.3 Å². The van der Waals surface area contributed by atoms with Crippen molar-refractivity contribution in [3.05, 3.63) is 0 Å². The lowest BCUT2D eigenvalue weighted by Crippen LogP contribution is -2.35. The van der Waals surface area contributed by atoms with Gasteiger partial charge >= 0.3 is 6.43 Å². The van der Waals surface area contributed by atoms with E-state index in [0.717, 1.165) is 19.3 Å². The van der Waals surface area contributed by atoms with Crippen LogP contribution in [0.25, 0.3) is 0 Å². The quantitative estimate of drug-likeness (QED) is 0.692. The number of hydrogen-bond donors (Lipinski definition) is 0. The maximum absolute atomic E-state index is 12.1. The Balaban J connectivity index is 2.60. The smallest absolute Gasteiger partial charge is 0.315 e. The number of likely N-dealkylation sites (tertiary alicyclic amines) is 1. The predicted molar refractivity (Wildman–Crippen MR) is 50.2 cm³/mol. The Labute approximate surface area is 83.3 Å². The molecule has 0 N–H and O–H groups in total. The molecule has 14 heavy (non-hydrogen) atoms. The van der Waals surface area contributed by atoms with E-state index in [1.807, 2.05) is 0 Å². The molecule has 4 heteroatoms. The summed E-state index contributed by atoms with van der Waals surface area (Å²) >= 11 is 0. The van der Waals surface area contributed by atoms with Gasteiger partial charge < -0.3 is 4.90 Å². The van der Waals surface area contributed by atoms with Crippen molar-refractivity contribution in [2.24, 2.45) is 5.41 Å². The fourth-order valence-electron chi connectivity index (χ4n) is 2.09. The number of rotatable bonds is 3. The van der Waals surface area contributed by atoms with Crippen LogP contribution in [0.1, 0.15) is 33.1 Å². The second-order valence-electron chi connectivity index (χ2n) is 4.02. The standard InChI is InChI=1S/C10H17F2NO/c1-3-10(4-2)5-6-13(7-10)9(14)8(11)12/h8H,3-7H2,1-2H3. The molecule has 0 spiro atoms. The van der Waals surface area contributed by atoms with Crippen LogP contribution in [-0.2, 0) is 4.79 Å². The Morgan fingerprint density at radius 2 is 2.00 bits per heavy atom. The Bertz CT molecular complexity index is 214. The summed E-state index contributed by atoms with van der Waals surface area (Å²) in [6.07, 6.45) is -0.0783. The molecule has 0 aromatic heterocycles. The highest BCUT2D eigenvalue weighted by Crippen LogP contribution is 2.37. The van der Waals surface area contributed by atoms with Gasteiger partial charge in [-0.25, -0.2) is 0 Å². The van der Waals surface area contributed by atoms with E-state index >= 15 is 0 Å². The number of carbonyl (C=O) groups is 1. The van der Waals surface area contributed by atoms with Crippen LogP contribution < -0.4 is 0 Å². The Morgan fingerprint density at radius 1 is 1.43 bits per heavy atom. The van der Waals surface area contributed by atoms with Crippen molar-refractivity contribution in [1.29, 1.82) is 0 Å². The molecule has 1 rings (SSSR count). The number of amides is 1. The second kappa shape index (κ2) is 4.24. The van der Waals surface area contributed by atoms with Gasteiger partial charge in [-0.3, -0.25) is 4.79 Å². The summed E-state index contributed by atoms with van der Waals surface area (Å²) in [6.45, 7) is 5.10. The summed E-state index contributed by atoms with van der Waals surface area (Å²) < 4.78 is 24.3. The van der Waals surface area contributed by atoms with Gasteiger partial charge in [0.1, 0.15) is 0 Å². The van der Waals surface area contributed by atoms with Gasteiger partial charge in [0.15, 0.2) is 0 Å². The maximum Gasteiger partial charge on any atom is 0.315 e. The molecule has 0 bridgehead atoms. The summed E-state index contributed by atoms with van der Waals surface area (Å²) in [4.78, 5) is 12.3. The highest BCUT2D eigenvalue weighted by atomic mass is 19.3. The van der Waals surface area contributed by atoms with Gasteiger partial charge in [-0.15, -0.1) is 0 Å². The normalized spacial score (nSPS) is 20.5. The number of alkyl halides is 2. The van der Waals surface area contributed by atoms with Crippen molar-refractivity contribution in [2.45, 2.75) is 39.5 Å². The van der Waals surface area contributed by atoms with E-state index in [9.17, 15) is 13.6 Å². The van der Waals surface area contributed by atoms with E-state index in [2.05, 4.69) is 13.8 Å². The van der Waals surface area contributed by atoms with Crippen molar-refractivity contribution >= 4 is 5.91 Å². The van der Waals surface area contributed by atoms with E-state index in [4.69, 9.17) is 0 Å². The zero-order chi connectivity index (χ0) is 10.8. The molecule has 1 heterocycles. The van der Waals surface area contributed by atoms with E-state index in [-0.39, 0.29) is 5.41 Å². The molecule has 0 atom stereocenters. The molecule has 0 unspecified atom stereocenters. The molecule has 1 aliphatic rings. The zero-order valence-corrected chi connectivity index (χ0v) is 8.72. The first kappa shape index (κ1) is 11.4. The van der Waals surface area contributed by atoms with Crippen LogP contribution in [0.15, 0.2) is 0 Å². The molecule has 0 aliphatic carbocycles. The van der Waals surface area contributed by atoms with Crippen LogP contribution in [0.4, 0.5) is 8.78 Å². The van der Waals surface area contributed by atoms with Crippen molar-refractivity contribution in [3.63, 3.8) is 0 Å². The molecule has 82 valence electrons. The minimum Gasteiger partial charge on any atom is -0.337 e. The minimum absolute atomic E-state index is 0.0878. The van der Waals surface area contributed by atoms with Gasteiger partial charge in [-0.05, 0) is 24.7 Å². The maximum atomic E-state index is 12.1. The number of carbonyl (C=O) groups excluding carboxylic acids is 1. The summed E-state index contributed by atoms with van der Waals surface area (Å²) in [5.41, 5.74) is 0.0878. The first-order valence-corrected chi connectivity index (χ1v) is 5.11. The average Bonchev–Trinajstić information content (AvgIpc) is 2.61. The molecule has 2 nitrogen and oxygen atoms in total. The van der Waals surface area contributed by atoms with Gasteiger partial charge in [-0.2, -0.15) is 8.78 Å². The zero-order valence-electron chi connectivity index (χ0n) is 8.72. The first-order chi connectivity index (χ1) is 6.54. The molecule has 1 aliphatic heterocycles. The molecule has 1 fully saturated rings. The Morgan fingerprint density at radius 3 is 2.36 bits per heavy atom. The summed E-state index contributed by atoms with van der Waals surface area (Å²) in [5, 5.41) is 0. The van der Waals surface area contributed by atoms with Gasteiger partial charge in [0, 0.05) is 13.1 Å². The fraction of sp³-hybridized carbons (Fsp3) is 0.900. The monoisotopic (exact) mass is 205 g/mol. The number of hydrogen-bond acceptors (Lipinski definition) is 1. The molecule has 1 amide bonds. The topological polar surface area (TPSA) is 20.3 Å². The van der Waals surface area contributed by atoms with Gasteiger partial charge in [0.05, 0.1) is 0 Å². The molecule has 1 saturated heterocycles. The summed E-state index contributed by atoms with van der Waals surface area (Å²) in [5.74, 6) is -1.01. The van der Waals surface area contributed by atoms with Crippen LogP contribution in [0.2, 0.25) is 0 Å². The SMILES string of the molecule is CCC1(CC)CCN(C(=O)C(F)F)C1. The average molecular weight is 205 g/mol. The Hall–Kier alpha value is -0.670. The second-order valence-corrected chi connectivity index (χ2v) is 4.02. The van der Waals surface area contributed by atoms with Crippen LogP contribution in [0, 0.1) is 5.41 Å². The predicted octanol–water partition coefficient (Wildman–Crippen LogP) is 2.29. The highest BCUT2D eigenvalue weighted by Gasteiger charge is 2.38. The van der Waals surface area contributed by atoms with Crippen LogP contribution in [0.5, 0.6) is 0 Å². The molecular weight excluding hydrogens is 188 g/mol. The highest BCUT2D eigenvalue weighted by molar-refractivity contribution is 5.79. The lowest BCUT2D eigenvalue weighted by atomic mass is 9.82. The van der Waals surface area contributed by atoms with Crippen molar-refractivity contribution < 1.29 is 13.6 Å². The number of halogens is 2. The third-order valence-corrected chi connectivity index (χ3v) is 3.44. The van der Waals surface area contributed by atoms with E-state index in [1.54, 1.807) is 0 Å². The third kappa shape index (κ3) is 2.04. The lowest BCUT2D eigenvalue weighted by Gasteiger charge is -2.26. The summed E-state index contributed by atoms with van der Waals surface area (Å²) in [7, 11) is 0. The lowest BCUT2D eigenvalue weighted by molar-refractivity contribution is -0.142. The number of nitrogens with zero attached hydrogens (tertiary/aromatic N) is 1. The molecular formula is C10H17F2NO. The van der Waals surface area contributed by atoms with Crippen molar-refractivity contribution in [2.75, 3.05) is 13.1 Å². The first-order valence-electron chi connectivity index (χ1n) is 5.11. The van der Waals surface area contributed by atoms with Crippen molar-refractivity contribution in [1.82, 2.24) is 4.90 Å². The van der Waals surface area contributed by atoms with Gasteiger partial charge in [0.25, 0.3) is 5.91 Å². The van der Waals surface area contributed by atoms with Crippen LogP contribution in [-0.4, -0.2) is 30.3 Å². The van der Waals surface area contributed by atoms with Gasteiger partial charge in [-0.1, -0.05) is 13.8 Å². The third-order valence-electron chi connectivity index (χ3n) is 3.44. The minimum atomic E-state index is -2.85. The van der Waals surface area contributed by atoms with E-state index in [0.29, 0.717) is 13.1 Å². The molecule has 0 saturated carbocycles. The largest absolute Gasteiger partial charge is 0.337 e. The van der Waals surface area contributed by atoms with Gasteiger partial charge in [0.2, 0.25) is 0 Å². The molecule has 0 aromatic rings. The van der Waals surface area contributed by atoms with Crippen LogP contribution >= 0.6 is 0 Å².